The molecular formula is C16H25IN4O3. The normalized spacial score (nSPS) is 13.1. The molecule has 0 saturated heterocycles. The maximum atomic E-state index is 11.8. The summed E-state index contributed by atoms with van der Waals surface area (Å²) in [6, 6.07) is 5.77. The Hall–Kier alpha value is -1.71. The summed E-state index contributed by atoms with van der Waals surface area (Å²) in [7, 11) is 1.66. The predicted octanol–water partition coefficient (Wildman–Crippen LogP) is 1.61. The Balaban J connectivity index is 0.00000288. The highest BCUT2D eigenvalue weighted by Crippen LogP contribution is 2.32. The van der Waals surface area contributed by atoms with Gasteiger partial charge in [-0.05, 0) is 38.5 Å². The van der Waals surface area contributed by atoms with Crippen LogP contribution in [0.4, 0.5) is 0 Å². The Morgan fingerprint density at radius 1 is 1.21 bits per heavy atom. The Morgan fingerprint density at radius 2 is 1.92 bits per heavy atom. The summed E-state index contributed by atoms with van der Waals surface area (Å²) in [6.45, 7) is 6.82. The molecule has 1 aromatic carbocycles. The highest BCUT2D eigenvalue weighted by Gasteiger charge is 2.14. The lowest BCUT2D eigenvalue weighted by Gasteiger charge is -2.21. The molecule has 0 spiro atoms. The van der Waals surface area contributed by atoms with Crippen molar-refractivity contribution in [2.75, 3.05) is 20.4 Å². The molecule has 0 bridgehead atoms. The fourth-order valence-electron chi connectivity index (χ4n) is 2.08. The van der Waals surface area contributed by atoms with E-state index in [9.17, 15) is 4.79 Å². The van der Waals surface area contributed by atoms with Crippen LogP contribution in [0.2, 0.25) is 0 Å². The van der Waals surface area contributed by atoms with Crippen molar-refractivity contribution in [2.45, 2.75) is 32.9 Å². The van der Waals surface area contributed by atoms with Crippen molar-refractivity contribution in [3.05, 3.63) is 23.8 Å². The number of carbonyl (C=O) groups is 1. The lowest BCUT2D eigenvalue weighted by Crippen LogP contribution is -2.48. The second-order valence-corrected chi connectivity index (χ2v) is 6.27. The average Bonchev–Trinajstić information content (AvgIpc) is 2.93. The minimum atomic E-state index is -0.248. The van der Waals surface area contributed by atoms with E-state index in [-0.39, 0.29) is 48.8 Å². The first-order valence-electron chi connectivity index (χ1n) is 7.51. The van der Waals surface area contributed by atoms with E-state index in [1.54, 1.807) is 7.05 Å². The second-order valence-electron chi connectivity index (χ2n) is 6.27. The van der Waals surface area contributed by atoms with E-state index in [1.165, 1.54) is 0 Å². The molecular weight excluding hydrogens is 423 g/mol. The summed E-state index contributed by atoms with van der Waals surface area (Å²) in [5.41, 5.74) is 0.790. The second kappa shape index (κ2) is 8.95. The first-order valence-corrected chi connectivity index (χ1v) is 7.51. The molecule has 0 aromatic heterocycles. The number of rotatable bonds is 4. The number of benzene rings is 1. The highest BCUT2D eigenvalue weighted by molar-refractivity contribution is 14.0. The standard InChI is InChI=1S/C16H24N4O3.HI/c1-16(2,3)20-14(21)9-19-15(17-4)18-8-11-5-6-12-13(7-11)23-10-22-12;/h5-7H,8-10H2,1-4H3,(H,20,21)(H2,17,18,19);1H. The third kappa shape index (κ3) is 6.42. The number of guanidine groups is 1. The van der Waals surface area contributed by atoms with Crippen molar-refractivity contribution >= 4 is 35.8 Å². The number of hydrogen-bond acceptors (Lipinski definition) is 4. The Labute approximate surface area is 159 Å². The van der Waals surface area contributed by atoms with Gasteiger partial charge in [0, 0.05) is 19.1 Å². The van der Waals surface area contributed by atoms with Gasteiger partial charge in [0.25, 0.3) is 0 Å². The summed E-state index contributed by atoms with van der Waals surface area (Å²) in [5.74, 6) is 1.99. The molecule has 0 unspecified atom stereocenters. The Kier molecular flexibility index (Phi) is 7.59. The zero-order chi connectivity index (χ0) is 16.9. The molecule has 8 heteroatoms. The molecule has 0 radical (unpaired) electrons. The topological polar surface area (TPSA) is 84.0 Å². The van der Waals surface area contributed by atoms with Crippen LogP contribution >= 0.6 is 24.0 Å². The van der Waals surface area contributed by atoms with Crippen molar-refractivity contribution in [3.63, 3.8) is 0 Å². The smallest absolute Gasteiger partial charge is 0.239 e. The van der Waals surface area contributed by atoms with Crippen molar-refractivity contribution in [1.29, 1.82) is 0 Å². The van der Waals surface area contributed by atoms with Gasteiger partial charge in [-0.1, -0.05) is 6.07 Å². The SMILES string of the molecule is CN=C(NCC(=O)NC(C)(C)C)NCc1ccc2c(c1)OCO2.I. The maximum Gasteiger partial charge on any atom is 0.239 e. The van der Waals surface area contributed by atoms with Gasteiger partial charge in [-0.25, -0.2) is 0 Å². The molecule has 1 aliphatic heterocycles. The molecule has 0 saturated carbocycles. The van der Waals surface area contributed by atoms with Gasteiger partial charge in [-0.15, -0.1) is 24.0 Å². The van der Waals surface area contributed by atoms with Crippen molar-refractivity contribution < 1.29 is 14.3 Å². The van der Waals surface area contributed by atoms with Gasteiger partial charge in [0.2, 0.25) is 12.7 Å². The monoisotopic (exact) mass is 448 g/mol. The number of hydrogen-bond donors (Lipinski definition) is 3. The van der Waals surface area contributed by atoms with E-state index in [0.29, 0.717) is 12.5 Å². The van der Waals surface area contributed by atoms with Crippen LogP contribution in [0, 0.1) is 0 Å². The van der Waals surface area contributed by atoms with Gasteiger partial charge < -0.3 is 25.4 Å². The molecule has 2 rings (SSSR count). The molecule has 0 aliphatic carbocycles. The molecule has 1 aliphatic rings. The van der Waals surface area contributed by atoms with Crippen LogP contribution in [0.15, 0.2) is 23.2 Å². The number of amides is 1. The van der Waals surface area contributed by atoms with Crippen LogP contribution in [-0.2, 0) is 11.3 Å². The van der Waals surface area contributed by atoms with Gasteiger partial charge in [-0.2, -0.15) is 0 Å². The number of nitrogens with zero attached hydrogens (tertiary/aromatic N) is 1. The average molecular weight is 448 g/mol. The fraction of sp³-hybridized carbons (Fsp3) is 0.500. The van der Waals surface area contributed by atoms with Crippen LogP contribution in [0.3, 0.4) is 0 Å². The lowest BCUT2D eigenvalue weighted by atomic mass is 10.1. The van der Waals surface area contributed by atoms with Gasteiger partial charge in [-0.3, -0.25) is 9.79 Å². The van der Waals surface area contributed by atoms with Crippen LogP contribution in [0.5, 0.6) is 11.5 Å². The Morgan fingerprint density at radius 3 is 2.58 bits per heavy atom. The van der Waals surface area contributed by atoms with Crippen molar-refractivity contribution in [3.8, 4) is 11.5 Å². The first-order chi connectivity index (χ1) is 10.9. The third-order valence-electron chi connectivity index (χ3n) is 3.05. The third-order valence-corrected chi connectivity index (χ3v) is 3.05. The summed E-state index contributed by atoms with van der Waals surface area (Å²) in [5, 5.41) is 9.03. The summed E-state index contributed by atoms with van der Waals surface area (Å²) >= 11 is 0. The minimum Gasteiger partial charge on any atom is -0.454 e. The molecule has 1 heterocycles. The number of nitrogens with one attached hydrogen (secondary N) is 3. The molecule has 24 heavy (non-hydrogen) atoms. The number of halogens is 1. The number of aliphatic imine (C=N–C) groups is 1. The van der Waals surface area contributed by atoms with Crippen LogP contribution in [0.25, 0.3) is 0 Å². The van der Waals surface area contributed by atoms with Gasteiger partial charge in [0.05, 0.1) is 6.54 Å². The lowest BCUT2D eigenvalue weighted by molar-refractivity contribution is -0.121. The minimum absolute atomic E-state index is 0. The first kappa shape index (κ1) is 20.3. The quantitative estimate of drug-likeness (QED) is 0.371. The molecule has 134 valence electrons. The van der Waals surface area contributed by atoms with Gasteiger partial charge in [0.1, 0.15) is 0 Å². The van der Waals surface area contributed by atoms with Crippen LogP contribution in [0.1, 0.15) is 26.3 Å². The van der Waals surface area contributed by atoms with E-state index < -0.39 is 0 Å². The fourth-order valence-corrected chi connectivity index (χ4v) is 2.08. The van der Waals surface area contributed by atoms with Crippen molar-refractivity contribution in [2.24, 2.45) is 4.99 Å². The Bertz CT molecular complexity index is 599. The van der Waals surface area contributed by atoms with E-state index >= 15 is 0 Å². The maximum absolute atomic E-state index is 11.8. The zero-order valence-electron chi connectivity index (χ0n) is 14.4. The van der Waals surface area contributed by atoms with Gasteiger partial charge >= 0.3 is 0 Å². The summed E-state index contributed by atoms with van der Waals surface area (Å²) in [6.07, 6.45) is 0. The summed E-state index contributed by atoms with van der Waals surface area (Å²) in [4.78, 5) is 15.9. The van der Waals surface area contributed by atoms with Crippen LogP contribution in [-0.4, -0.2) is 37.8 Å². The summed E-state index contributed by atoms with van der Waals surface area (Å²) < 4.78 is 10.6. The van der Waals surface area contributed by atoms with E-state index in [0.717, 1.165) is 17.1 Å². The molecule has 0 fully saturated rings. The number of fused-ring (bicyclic) bond motifs is 1. The predicted molar refractivity (Wildman–Crippen MR) is 104 cm³/mol. The largest absolute Gasteiger partial charge is 0.454 e. The van der Waals surface area contributed by atoms with Crippen molar-refractivity contribution in [1.82, 2.24) is 16.0 Å². The molecule has 1 amide bonds. The van der Waals surface area contributed by atoms with E-state index in [4.69, 9.17) is 9.47 Å². The van der Waals surface area contributed by atoms with Gasteiger partial charge in [0.15, 0.2) is 17.5 Å². The van der Waals surface area contributed by atoms with E-state index in [2.05, 4.69) is 20.9 Å². The zero-order valence-corrected chi connectivity index (χ0v) is 16.8. The molecule has 7 nitrogen and oxygen atoms in total. The highest BCUT2D eigenvalue weighted by atomic mass is 127. The van der Waals surface area contributed by atoms with Crippen LogP contribution < -0.4 is 25.4 Å². The molecule has 0 atom stereocenters. The number of ether oxygens (including phenoxy) is 2. The van der Waals surface area contributed by atoms with E-state index in [1.807, 2.05) is 39.0 Å². The number of carbonyl (C=O) groups excluding carboxylic acids is 1. The molecule has 3 N–H and O–H groups in total. The molecule has 1 aromatic rings.